The van der Waals surface area contributed by atoms with E-state index in [1.165, 1.54) is 12.8 Å². The number of nitrogens with one attached hydrogen (secondary N) is 1. The van der Waals surface area contributed by atoms with Crippen LogP contribution in [0.4, 0.5) is 5.82 Å². The van der Waals surface area contributed by atoms with Crippen molar-refractivity contribution in [2.45, 2.75) is 40.2 Å². The molecule has 1 aromatic heterocycles. The number of rotatable bonds is 3. The van der Waals surface area contributed by atoms with Crippen LogP contribution in [0.15, 0.2) is 6.07 Å². The summed E-state index contributed by atoms with van der Waals surface area (Å²) >= 11 is 0. The van der Waals surface area contributed by atoms with E-state index in [1.54, 1.807) is 0 Å². The van der Waals surface area contributed by atoms with Gasteiger partial charge in [-0.15, -0.1) is 0 Å². The van der Waals surface area contributed by atoms with Crippen LogP contribution in [0.1, 0.15) is 38.2 Å². The van der Waals surface area contributed by atoms with Crippen molar-refractivity contribution in [2.75, 3.05) is 18.5 Å². The molecule has 0 radical (unpaired) electrons. The molecule has 1 fully saturated rings. The van der Waals surface area contributed by atoms with Crippen LogP contribution in [0.25, 0.3) is 0 Å². The highest BCUT2D eigenvalue weighted by Crippen LogP contribution is 2.28. The zero-order valence-electron chi connectivity index (χ0n) is 11.5. The zero-order valence-corrected chi connectivity index (χ0v) is 11.5. The predicted molar refractivity (Wildman–Crippen MR) is 72.9 cm³/mol. The first-order valence-corrected chi connectivity index (χ1v) is 6.52. The summed E-state index contributed by atoms with van der Waals surface area (Å²) in [5.41, 5.74) is 3.94. The first-order valence-electron chi connectivity index (χ1n) is 6.52. The van der Waals surface area contributed by atoms with Gasteiger partial charge in [-0.05, 0) is 31.7 Å². The Morgan fingerprint density at radius 3 is 2.89 bits per heavy atom. The van der Waals surface area contributed by atoms with Crippen molar-refractivity contribution in [3.63, 3.8) is 0 Å². The zero-order chi connectivity index (χ0) is 13.2. The van der Waals surface area contributed by atoms with Crippen LogP contribution in [0, 0.1) is 12.3 Å². The van der Waals surface area contributed by atoms with Crippen molar-refractivity contribution in [2.24, 2.45) is 11.3 Å². The molecule has 2 heterocycles. The van der Waals surface area contributed by atoms with E-state index < -0.39 is 0 Å². The fourth-order valence-electron chi connectivity index (χ4n) is 2.65. The van der Waals surface area contributed by atoms with Crippen molar-refractivity contribution in [1.82, 2.24) is 14.9 Å². The summed E-state index contributed by atoms with van der Waals surface area (Å²) < 4.78 is 0. The van der Waals surface area contributed by atoms with Crippen LogP contribution in [0.2, 0.25) is 0 Å². The maximum Gasteiger partial charge on any atom is 0.145 e. The Hall–Kier alpha value is -1.20. The van der Waals surface area contributed by atoms with Gasteiger partial charge in [-0.2, -0.15) is 0 Å². The molecule has 0 atom stereocenters. The minimum absolute atomic E-state index is 0.400. The monoisotopic (exact) mass is 249 g/mol. The summed E-state index contributed by atoms with van der Waals surface area (Å²) in [7, 11) is 0. The quantitative estimate of drug-likeness (QED) is 0.630. The van der Waals surface area contributed by atoms with Crippen LogP contribution < -0.4 is 11.3 Å². The predicted octanol–water partition coefficient (Wildman–Crippen LogP) is 1.69. The van der Waals surface area contributed by atoms with E-state index in [4.69, 9.17) is 5.84 Å². The molecule has 0 aromatic carbocycles. The number of aryl methyl sites for hydroxylation is 1. The molecule has 1 aromatic rings. The third-order valence-electron chi connectivity index (χ3n) is 3.39. The highest BCUT2D eigenvalue weighted by Gasteiger charge is 2.26. The molecule has 1 aliphatic heterocycles. The second-order valence-electron chi connectivity index (χ2n) is 5.93. The van der Waals surface area contributed by atoms with E-state index in [0.29, 0.717) is 11.2 Å². The molecule has 0 amide bonds. The Balaban J connectivity index is 2.07. The van der Waals surface area contributed by atoms with E-state index in [-0.39, 0.29) is 0 Å². The lowest BCUT2D eigenvalue weighted by atomic mass is 9.84. The van der Waals surface area contributed by atoms with Gasteiger partial charge in [-0.25, -0.2) is 15.8 Å². The molecule has 2 rings (SSSR count). The van der Waals surface area contributed by atoms with Crippen molar-refractivity contribution in [3.05, 3.63) is 17.6 Å². The third kappa shape index (κ3) is 3.40. The summed E-state index contributed by atoms with van der Waals surface area (Å²) in [5, 5.41) is 0. The number of likely N-dealkylation sites (tertiary alicyclic amines) is 1. The molecule has 0 saturated carbocycles. The van der Waals surface area contributed by atoms with Gasteiger partial charge >= 0.3 is 0 Å². The van der Waals surface area contributed by atoms with Crippen molar-refractivity contribution >= 4 is 5.82 Å². The highest BCUT2D eigenvalue weighted by molar-refractivity contribution is 5.33. The van der Waals surface area contributed by atoms with Crippen molar-refractivity contribution in [3.8, 4) is 0 Å². The summed E-state index contributed by atoms with van der Waals surface area (Å²) in [6.07, 6.45) is 2.55. The number of hydrogen-bond acceptors (Lipinski definition) is 5. The largest absolute Gasteiger partial charge is 0.308 e. The second kappa shape index (κ2) is 5.20. The average Bonchev–Trinajstić information content (AvgIpc) is 2.26. The maximum absolute atomic E-state index is 5.41. The van der Waals surface area contributed by atoms with Gasteiger partial charge in [0.2, 0.25) is 0 Å². The van der Waals surface area contributed by atoms with Gasteiger partial charge in [0.25, 0.3) is 0 Å². The number of piperidine rings is 1. The Kier molecular flexibility index (Phi) is 3.82. The van der Waals surface area contributed by atoms with E-state index in [2.05, 4.69) is 34.1 Å². The smallest absolute Gasteiger partial charge is 0.145 e. The molecule has 1 aliphatic rings. The minimum Gasteiger partial charge on any atom is -0.308 e. The molecular weight excluding hydrogens is 226 g/mol. The highest BCUT2D eigenvalue weighted by atomic mass is 15.3. The van der Waals surface area contributed by atoms with Crippen LogP contribution in [-0.2, 0) is 6.54 Å². The van der Waals surface area contributed by atoms with E-state index >= 15 is 0 Å². The first kappa shape index (κ1) is 13.2. The minimum atomic E-state index is 0.400. The molecule has 5 heteroatoms. The van der Waals surface area contributed by atoms with Gasteiger partial charge in [-0.1, -0.05) is 13.8 Å². The Labute approximate surface area is 109 Å². The number of nitrogen functional groups attached to an aromatic ring is 1. The number of anilines is 1. The van der Waals surface area contributed by atoms with Crippen LogP contribution in [0.3, 0.4) is 0 Å². The molecule has 0 aliphatic carbocycles. The molecule has 0 bridgehead atoms. The topological polar surface area (TPSA) is 67.1 Å². The lowest BCUT2D eigenvalue weighted by molar-refractivity contribution is 0.109. The number of nitrogens with zero attached hydrogens (tertiary/aromatic N) is 3. The molecule has 18 heavy (non-hydrogen) atoms. The lowest BCUT2D eigenvalue weighted by Crippen LogP contribution is -2.39. The molecule has 3 N–H and O–H groups in total. The second-order valence-corrected chi connectivity index (χ2v) is 5.93. The first-order chi connectivity index (χ1) is 8.48. The normalized spacial score (nSPS) is 19.8. The SMILES string of the molecule is Cc1cc(NN)nc(CN2CCCC(C)(C)C2)n1. The molecular formula is C13H23N5. The van der Waals surface area contributed by atoms with Crippen molar-refractivity contribution < 1.29 is 0 Å². The molecule has 0 unspecified atom stereocenters. The maximum atomic E-state index is 5.41. The van der Waals surface area contributed by atoms with Crippen molar-refractivity contribution in [1.29, 1.82) is 0 Å². The Morgan fingerprint density at radius 2 is 2.22 bits per heavy atom. The molecule has 1 saturated heterocycles. The fraction of sp³-hybridized carbons (Fsp3) is 0.692. The number of nitrogens with two attached hydrogens (primary N) is 1. The average molecular weight is 249 g/mol. The summed E-state index contributed by atoms with van der Waals surface area (Å²) in [4.78, 5) is 11.3. The van der Waals surface area contributed by atoms with Gasteiger partial charge in [-0.3, -0.25) is 4.90 Å². The van der Waals surface area contributed by atoms with Gasteiger partial charge in [0.1, 0.15) is 11.6 Å². The number of aromatic nitrogens is 2. The van der Waals surface area contributed by atoms with Gasteiger partial charge in [0.15, 0.2) is 0 Å². The summed E-state index contributed by atoms with van der Waals surface area (Å²) in [6.45, 7) is 9.65. The number of hydrazine groups is 1. The summed E-state index contributed by atoms with van der Waals surface area (Å²) in [5.74, 6) is 6.95. The fourth-order valence-corrected chi connectivity index (χ4v) is 2.65. The van der Waals surface area contributed by atoms with Crippen LogP contribution in [0.5, 0.6) is 0 Å². The van der Waals surface area contributed by atoms with E-state index in [1.807, 2.05) is 13.0 Å². The van der Waals surface area contributed by atoms with Gasteiger partial charge in [0.05, 0.1) is 6.54 Å². The van der Waals surface area contributed by atoms with Crippen LogP contribution in [-0.4, -0.2) is 28.0 Å². The van der Waals surface area contributed by atoms with Crippen LogP contribution >= 0.6 is 0 Å². The third-order valence-corrected chi connectivity index (χ3v) is 3.39. The van der Waals surface area contributed by atoms with Gasteiger partial charge < -0.3 is 5.43 Å². The standard InChI is InChI=1S/C13H23N5/c1-10-7-11(17-14)16-12(15-10)8-18-6-4-5-13(2,3)9-18/h7H,4-6,8-9,14H2,1-3H3,(H,15,16,17). The van der Waals surface area contributed by atoms with E-state index in [0.717, 1.165) is 31.2 Å². The summed E-state index contributed by atoms with van der Waals surface area (Å²) in [6, 6.07) is 1.85. The molecule has 100 valence electrons. The van der Waals surface area contributed by atoms with Gasteiger partial charge in [0, 0.05) is 18.3 Å². The number of hydrogen-bond donors (Lipinski definition) is 2. The molecule has 5 nitrogen and oxygen atoms in total. The molecule has 0 spiro atoms. The Bertz CT molecular complexity index is 416. The van der Waals surface area contributed by atoms with E-state index in [9.17, 15) is 0 Å². The lowest BCUT2D eigenvalue weighted by Gasteiger charge is -2.37. The Morgan fingerprint density at radius 1 is 1.44 bits per heavy atom.